The van der Waals surface area contributed by atoms with Gasteiger partial charge in [0.15, 0.2) is 5.82 Å². The molecule has 94 valence electrons. The molecule has 0 amide bonds. The van der Waals surface area contributed by atoms with Crippen LogP contribution in [-0.4, -0.2) is 4.98 Å². The number of nitrogens with two attached hydrogens (primary N) is 1. The molecule has 0 unspecified atom stereocenters. The lowest BCUT2D eigenvalue weighted by Gasteiger charge is -2.10. The summed E-state index contributed by atoms with van der Waals surface area (Å²) in [6.07, 6.45) is 1.35. The predicted molar refractivity (Wildman–Crippen MR) is 68.3 cm³/mol. The summed E-state index contributed by atoms with van der Waals surface area (Å²) in [7, 11) is 0. The van der Waals surface area contributed by atoms with E-state index in [0.29, 0.717) is 11.8 Å². The molecule has 0 atom stereocenters. The second-order valence-electron chi connectivity index (χ2n) is 3.47. The predicted octanol–water partition coefficient (Wildman–Crippen LogP) is 3.99. The molecule has 18 heavy (non-hydrogen) atoms. The van der Waals surface area contributed by atoms with Crippen LogP contribution in [0.5, 0.6) is 0 Å². The van der Waals surface area contributed by atoms with Gasteiger partial charge < -0.3 is 11.1 Å². The molecule has 2 aromatic rings. The number of rotatable bonds is 2. The zero-order chi connectivity index (χ0) is 13.3. The van der Waals surface area contributed by atoms with Gasteiger partial charge in [-0.25, -0.2) is 13.8 Å². The van der Waals surface area contributed by atoms with Crippen molar-refractivity contribution >= 4 is 40.4 Å². The van der Waals surface area contributed by atoms with Crippen LogP contribution in [0.3, 0.4) is 0 Å². The highest BCUT2D eigenvalue weighted by Crippen LogP contribution is 2.31. The molecule has 0 spiro atoms. The summed E-state index contributed by atoms with van der Waals surface area (Å²) in [5, 5.41) is 2.69. The Balaban J connectivity index is 2.40. The molecule has 7 heteroatoms. The van der Waals surface area contributed by atoms with E-state index >= 15 is 0 Å². The molecule has 0 saturated heterocycles. The summed E-state index contributed by atoms with van der Waals surface area (Å²) in [4.78, 5) is 3.89. The van der Waals surface area contributed by atoms with Crippen LogP contribution >= 0.6 is 23.2 Å². The number of halogens is 4. The standard InChI is InChI=1S/C11H7Cl2F2N3/c12-7-1-5(14)2-9(15)10(7)18-11-8(13)3-6(16)4-17-11/h1-4H,16H2,(H,17,18). The minimum Gasteiger partial charge on any atom is -0.397 e. The molecule has 0 bridgehead atoms. The summed E-state index contributed by atoms with van der Waals surface area (Å²) in [6, 6.07) is 3.14. The monoisotopic (exact) mass is 289 g/mol. The van der Waals surface area contributed by atoms with E-state index in [2.05, 4.69) is 10.3 Å². The van der Waals surface area contributed by atoms with Crippen molar-refractivity contribution in [3.63, 3.8) is 0 Å². The van der Waals surface area contributed by atoms with Gasteiger partial charge in [-0.15, -0.1) is 0 Å². The van der Waals surface area contributed by atoms with Crippen molar-refractivity contribution in [3.8, 4) is 0 Å². The van der Waals surface area contributed by atoms with Crippen molar-refractivity contribution in [1.82, 2.24) is 4.98 Å². The van der Waals surface area contributed by atoms with Crippen LogP contribution in [0, 0.1) is 11.6 Å². The van der Waals surface area contributed by atoms with Crippen LogP contribution in [0.4, 0.5) is 26.0 Å². The van der Waals surface area contributed by atoms with E-state index < -0.39 is 11.6 Å². The Kier molecular flexibility index (Phi) is 3.54. The van der Waals surface area contributed by atoms with Gasteiger partial charge in [-0.05, 0) is 12.1 Å². The van der Waals surface area contributed by atoms with Gasteiger partial charge in [-0.1, -0.05) is 23.2 Å². The first kappa shape index (κ1) is 12.9. The van der Waals surface area contributed by atoms with Gasteiger partial charge >= 0.3 is 0 Å². The number of hydrogen-bond donors (Lipinski definition) is 2. The van der Waals surface area contributed by atoms with Crippen molar-refractivity contribution in [2.75, 3.05) is 11.1 Å². The van der Waals surface area contributed by atoms with E-state index in [4.69, 9.17) is 28.9 Å². The topological polar surface area (TPSA) is 50.9 Å². The average molecular weight is 290 g/mol. The van der Waals surface area contributed by atoms with Gasteiger partial charge in [0, 0.05) is 6.07 Å². The Morgan fingerprint density at radius 3 is 2.44 bits per heavy atom. The van der Waals surface area contributed by atoms with Gasteiger partial charge in [0.2, 0.25) is 0 Å². The number of benzene rings is 1. The number of aromatic nitrogens is 1. The highest BCUT2D eigenvalue weighted by atomic mass is 35.5. The number of nitrogens with zero attached hydrogens (tertiary/aromatic N) is 1. The Morgan fingerprint density at radius 2 is 1.83 bits per heavy atom. The first-order valence-corrected chi connectivity index (χ1v) is 5.55. The molecule has 1 aromatic heterocycles. The first-order chi connectivity index (χ1) is 8.47. The molecule has 1 heterocycles. The minimum atomic E-state index is -0.838. The average Bonchev–Trinajstić information content (AvgIpc) is 2.25. The lowest BCUT2D eigenvalue weighted by Crippen LogP contribution is -1.99. The molecular formula is C11H7Cl2F2N3. The lowest BCUT2D eigenvalue weighted by molar-refractivity contribution is 0.586. The van der Waals surface area contributed by atoms with Crippen LogP contribution in [0.1, 0.15) is 0 Å². The highest BCUT2D eigenvalue weighted by Gasteiger charge is 2.12. The molecule has 3 nitrogen and oxygen atoms in total. The Morgan fingerprint density at radius 1 is 1.11 bits per heavy atom. The minimum absolute atomic E-state index is 0.0998. The van der Waals surface area contributed by atoms with Crippen molar-refractivity contribution in [1.29, 1.82) is 0 Å². The van der Waals surface area contributed by atoms with Crippen molar-refractivity contribution in [2.45, 2.75) is 0 Å². The van der Waals surface area contributed by atoms with Crippen LogP contribution in [0.15, 0.2) is 24.4 Å². The van der Waals surface area contributed by atoms with Gasteiger partial charge in [0.05, 0.1) is 27.6 Å². The lowest BCUT2D eigenvalue weighted by atomic mass is 10.3. The first-order valence-electron chi connectivity index (χ1n) is 4.80. The number of hydrogen-bond acceptors (Lipinski definition) is 3. The maximum absolute atomic E-state index is 13.5. The Hall–Kier alpha value is -1.59. The smallest absolute Gasteiger partial charge is 0.151 e. The van der Waals surface area contributed by atoms with E-state index in [0.717, 1.165) is 6.07 Å². The summed E-state index contributed by atoms with van der Waals surface area (Å²) < 4.78 is 26.4. The fraction of sp³-hybridized carbons (Fsp3) is 0. The van der Waals surface area contributed by atoms with Gasteiger partial charge in [0.25, 0.3) is 0 Å². The third kappa shape index (κ3) is 2.63. The van der Waals surface area contributed by atoms with E-state index in [9.17, 15) is 8.78 Å². The second kappa shape index (κ2) is 4.96. The van der Waals surface area contributed by atoms with Crippen molar-refractivity contribution in [3.05, 3.63) is 46.1 Å². The molecule has 2 rings (SSSR count). The zero-order valence-electron chi connectivity index (χ0n) is 8.85. The van der Waals surface area contributed by atoms with Gasteiger partial charge in [-0.3, -0.25) is 0 Å². The highest BCUT2D eigenvalue weighted by molar-refractivity contribution is 6.34. The second-order valence-corrected chi connectivity index (χ2v) is 4.28. The number of nitrogen functional groups attached to an aromatic ring is 1. The van der Waals surface area contributed by atoms with Crippen LogP contribution in [0.2, 0.25) is 10.0 Å². The SMILES string of the molecule is Nc1cnc(Nc2c(F)cc(F)cc2Cl)c(Cl)c1. The molecule has 0 radical (unpaired) electrons. The van der Waals surface area contributed by atoms with Crippen molar-refractivity contribution < 1.29 is 8.78 Å². The fourth-order valence-electron chi connectivity index (χ4n) is 1.32. The largest absolute Gasteiger partial charge is 0.397 e. The summed E-state index contributed by atoms with van der Waals surface area (Å²) in [5.41, 5.74) is 5.75. The fourth-order valence-corrected chi connectivity index (χ4v) is 1.79. The molecule has 3 N–H and O–H groups in total. The third-order valence-corrected chi connectivity index (χ3v) is 2.70. The van der Waals surface area contributed by atoms with Crippen molar-refractivity contribution in [2.24, 2.45) is 0 Å². The Labute approximate surface area is 112 Å². The number of anilines is 3. The molecule has 0 saturated carbocycles. The van der Waals surface area contributed by atoms with Gasteiger partial charge in [-0.2, -0.15) is 0 Å². The zero-order valence-corrected chi connectivity index (χ0v) is 10.4. The molecule has 0 aliphatic heterocycles. The summed E-state index contributed by atoms with van der Waals surface area (Å²) >= 11 is 11.6. The van der Waals surface area contributed by atoms with E-state index in [1.807, 2.05) is 0 Å². The van der Waals surface area contributed by atoms with Crippen LogP contribution < -0.4 is 11.1 Å². The normalized spacial score (nSPS) is 10.4. The Bertz CT molecular complexity index is 582. The summed E-state index contributed by atoms with van der Waals surface area (Å²) in [6.45, 7) is 0. The molecule has 0 aliphatic carbocycles. The van der Waals surface area contributed by atoms with E-state index in [1.54, 1.807) is 0 Å². The maximum Gasteiger partial charge on any atom is 0.151 e. The van der Waals surface area contributed by atoms with Gasteiger partial charge in [0.1, 0.15) is 11.6 Å². The van der Waals surface area contributed by atoms with E-state index in [1.165, 1.54) is 12.3 Å². The number of pyridine rings is 1. The van der Waals surface area contributed by atoms with Crippen LogP contribution in [0.25, 0.3) is 0 Å². The molecule has 0 fully saturated rings. The van der Waals surface area contributed by atoms with E-state index in [-0.39, 0.29) is 21.6 Å². The summed E-state index contributed by atoms with van der Waals surface area (Å²) in [5.74, 6) is -1.42. The maximum atomic E-state index is 13.5. The third-order valence-electron chi connectivity index (χ3n) is 2.11. The molecule has 1 aromatic carbocycles. The molecular weight excluding hydrogens is 283 g/mol. The molecule has 0 aliphatic rings. The quantitative estimate of drug-likeness (QED) is 0.879. The number of nitrogens with one attached hydrogen (secondary N) is 1. The van der Waals surface area contributed by atoms with Crippen LogP contribution in [-0.2, 0) is 0 Å².